The van der Waals surface area contributed by atoms with E-state index in [9.17, 15) is 14.7 Å². The van der Waals surface area contributed by atoms with Crippen molar-refractivity contribution in [2.45, 2.75) is 77.4 Å². The summed E-state index contributed by atoms with van der Waals surface area (Å²) >= 11 is 0. The van der Waals surface area contributed by atoms with Crippen LogP contribution in [0.4, 0.5) is 0 Å². The smallest absolute Gasteiger partial charge is 0.310 e. The third-order valence-corrected chi connectivity index (χ3v) is 7.59. The first-order valence-corrected chi connectivity index (χ1v) is 9.15. The maximum absolute atomic E-state index is 13.0. The molecule has 1 N–H and O–H groups in total. The zero-order valence-corrected chi connectivity index (χ0v) is 15.4. The Morgan fingerprint density at radius 2 is 1.92 bits per heavy atom. The van der Waals surface area contributed by atoms with Gasteiger partial charge in [-0.15, -0.1) is 6.58 Å². The summed E-state index contributed by atoms with van der Waals surface area (Å²) in [4.78, 5) is 25.1. The van der Waals surface area contributed by atoms with E-state index in [1.807, 2.05) is 6.08 Å². The van der Waals surface area contributed by atoms with Gasteiger partial charge in [-0.3, -0.25) is 9.59 Å². The normalized spacial score (nSPS) is 51.4. The van der Waals surface area contributed by atoms with Crippen LogP contribution in [0.1, 0.15) is 66.2 Å². The molecule has 0 bridgehead atoms. The Balaban J connectivity index is 2.14. The first-order chi connectivity index (χ1) is 11.0. The maximum Gasteiger partial charge on any atom is 0.310 e. The Bertz CT molecular complexity index is 598. The molecule has 6 atom stereocenters. The monoisotopic (exact) mass is 334 g/mol. The molecule has 4 nitrogen and oxygen atoms in total. The minimum atomic E-state index is -0.992. The fraction of sp³-hybridized carbons (Fsp3) is 0.800. The van der Waals surface area contributed by atoms with E-state index in [0.717, 1.165) is 25.7 Å². The van der Waals surface area contributed by atoms with Gasteiger partial charge in [0, 0.05) is 17.8 Å². The van der Waals surface area contributed by atoms with Gasteiger partial charge < -0.3 is 9.84 Å². The van der Waals surface area contributed by atoms with Crippen molar-refractivity contribution in [3.05, 3.63) is 12.7 Å². The Kier molecular flexibility index (Phi) is 3.80. The number of hydrogen-bond acceptors (Lipinski definition) is 3. The summed E-state index contributed by atoms with van der Waals surface area (Å²) in [6.07, 6.45) is 6.26. The number of carboxylic acid groups (broad SMARTS) is 1. The van der Waals surface area contributed by atoms with Crippen LogP contribution in [-0.4, -0.2) is 28.1 Å². The number of hydrogen-bond donors (Lipinski definition) is 1. The van der Waals surface area contributed by atoms with Gasteiger partial charge in [0.05, 0.1) is 16.6 Å². The summed E-state index contributed by atoms with van der Waals surface area (Å²) in [5.74, 6) is -1.11. The van der Waals surface area contributed by atoms with E-state index in [-0.39, 0.29) is 17.3 Å². The van der Waals surface area contributed by atoms with Gasteiger partial charge in [-0.05, 0) is 45.4 Å². The van der Waals surface area contributed by atoms with Crippen LogP contribution in [0.25, 0.3) is 0 Å². The number of carbonyl (C=O) groups excluding carboxylic acids is 1. The van der Waals surface area contributed by atoms with Gasteiger partial charge >= 0.3 is 5.97 Å². The summed E-state index contributed by atoms with van der Waals surface area (Å²) in [7, 11) is 0. The van der Waals surface area contributed by atoms with Gasteiger partial charge in [-0.1, -0.05) is 26.3 Å². The number of ketones is 1. The highest BCUT2D eigenvalue weighted by Gasteiger charge is 2.70. The number of ether oxygens (including phenoxy) is 1. The molecule has 2 saturated carbocycles. The molecule has 134 valence electrons. The fourth-order valence-electron chi connectivity index (χ4n) is 6.20. The SMILES string of the molecule is C=C[C@@]1(C)CC[C@@]2(O1)[C@@H](C)CC(=O)[C@@H]1[C@]2(C)CCC[C@]1(C)C(=O)O. The van der Waals surface area contributed by atoms with Crippen LogP contribution in [0.5, 0.6) is 0 Å². The Morgan fingerprint density at radius 1 is 1.25 bits per heavy atom. The van der Waals surface area contributed by atoms with Crippen LogP contribution < -0.4 is 0 Å². The largest absolute Gasteiger partial charge is 0.481 e. The van der Waals surface area contributed by atoms with Crippen molar-refractivity contribution in [1.29, 1.82) is 0 Å². The van der Waals surface area contributed by atoms with Crippen molar-refractivity contribution in [2.24, 2.45) is 22.7 Å². The van der Waals surface area contributed by atoms with E-state index in [1.165, 1.54) is 0 Å². The van der Waals surface area contributed by atoms with E-state index >= 15 is 0 Å². The summed E-state index contributed by atoms with van der Waals surface area (Å²) < 4.78 is 6.67. The number of Topliss-reactive ketones (excluding diaryl/α,β-unsaturated/α-hetero) is 1. The molecule has 2 aliphatic carbocycles. The lowest BCUT2D eigenvalue weighted by atomic mass is 9.43. The minimum absolute atomic E-state index is 0.101. The predicted molar refractivity (Wildman–Crippen MR) is 91.6 cm³/mol. The number of rotatable bonds is 2. The summed E-state index contributed by atoms with van der Waals surface area (Å²) in [5, 5.41) is 9.91. The van der Waals surface area contributed by atoms with Crippen LogP contribution in [0, 0.1) is 22.7 Å². The average Bonchev–Trinajstić information content (AvgIpc) is 2.86. The third-order valence-electron chi connectivity index (χ3n) is 7.59. The van der Waals surface area contributed by atoms with Crippen molar-refractivity contribution >= 4 is 11.8 Å². The molecule has 0 amide bonds. The molecule has 0 aromatic carbocycles. The molecule has 3 rings (SSSR count). The zero-order chi connectivity index (χ0) is 18.0. The molecular formula is C20H30O4. The molecule has 1 heterocycles. The molecule has 3 aliphatic rings. The van der Waals surface area contributed by atoms with Crippen molar-refractivity contribution < 1.29 is 19.4 Å². The predicted octanol–water partition coefficient (Wildman–Crippen LogP) is 3.99. The number of carboxylic acids is 1. The molecule has 1 saturated heterocycles. The van der Waals surface area contributed by atoms with Crippen molar-refractivity contribution in [3.8, 4) is 0 Å². The van der Waals surface area contributed by atoms with Crippen LogP contribution >= 0.6 is 0 Å². The second kappa shape index (κ2) is 5.17. The highest BCUT2D eigenvalue weighted by atomic mass is 16.5. The molecule has 1 spiro atoms. The summed E-state index contributed by atoms with van der Waals surface area (Å²) in [6.45, 7) is 12.0. The van der Waals surface area contributed by atoms with Crippen LogP contribution in [-0.2, 0) is 14.3 Å². The summed E-state index contributed by atoms with van der Waals surface area (Å²) in [5.41, 5.74) is -2.26. The van der Waals surface area contributed by atoms with Crippen LogP contribution in [0.2, 0.25) is 0 Å². The number of fused-ring (bicyclic) bond motifs is 2. The quantitative estimate of drug-likeness (QED) is 0.776. The lowest BCUT2D eigenvalue weighted by Crippen LogP contribution is -2.67. The molecule has 0 unspecified atom stereocenters. The van der Waals surface area contributed by atoms with E-state index in [4.69, 9.17) is 4.74 Å². The fourth-order valence-corrected chi connectivity index (χ4v) is 6.20. The Hall–Kier alpha value is -1.16. The molecular weight excluding hydrogens is 304 g/mol. The lowest BCUT2D eigenvalue weighted by Gasteiger charge is -2.62. The van der Waals surface area contributed by atoms with Crippen molar-refractivity contribution in [1.82, 2.24) is 0 Å². The second-order valence-corrected chi connectivity index (χ2v) is 9.01. The van der Waals surface area contributed by atoms with E-state index in [2.05, 4.69) is 27.4 Å². The first kappa shape index (κ1) is 17.7. The molecule has 3 fully saturated rings. The van der Waals surface area contributed by atoms with Crippen molar-refractivity contribution in [3.63, 3.8) is 0 Å². The summed E-state index contributed by atoms with van der Waals surface area (Å²) in [6, 6.07) is 0. The average molecular weight is 334 g/mol. The highest BCUT2D eigenvalue weighted by molar-refractivity contribution is 5.90. The Labute approximate surface area is 144 Å². The zero-order valence-electron chi connectivity index (χ0n) is 15.4. The van der Waals surface area contributed by atoms with Crippen molar-refractivity contribution in [2.75, 3.05) is 0 Å². The lowest BCUT2D eigenvalue weighted by molar-refractivity contribution is -0.233. The topological polar surface area (TPSA) is 63.6 Å². The van der Waals surface area contributed by atoms with Gasteiger partial charge in [0.2, 0.25) is 0 Å². The Morgan fingerprint density at radius 3 is 2.46 bits per heavy atom. The molecule has 1 aliphatic heterocycles. The van der Waals surface area contributed by atoms with Crippen LogP contribution in [0.15, 0.2) is 12.7 Å². The van der Waals surface area contributed by atoms with Gasteiger partial charge in [-0.2, -0.15) is 0 Å². The number of carbonyl (C=O) groups is 2. The minimum Gasteiger partial charge on any atom is -0.481 e. The third kappa shape index (κ3) is 2.01. The second-order valence-electron chi connectivity index (χ2n) is 9.01. The van der Waals surface area contributed by atoms with Gasteiger partial charge in [0.25, 0.3) is 0 Å². The maximum atomic E-state index is 13.0. The first-order valence-electron chi connectivity index (χ1n) is 9.15. The molecule has 0 radical (unpaired) electrons. The standard InChI is InChI=1S/C20H30O4/c1-6-17(3)10-11-20(24-17)13(2)12-14(21)15-18(4,16(22)23)8-7-9-19(15,20)5/h6,13,15H,1,7-12H2,2-5H3,(H,22,23)/t13-,15-,17-,18-,19-,20+/m0/s1. The molecule has 24 heavy (non-hydrogen) atoms. The number of aliphatic carboxylic acids is 1. The van der Waals surface area contributed by atoms with E-state index in [0.29, 0.717) is 12.8 Å². The van der Waals surface area contributed by atoms with Crippen LogP contribution in [0.3, 0.4) is 0 Å². The molecule has 4 heteroatoms. The van der Waals surface area contributed by atoms with Gasteiger partial charge in [-0.25, -0.2) is 0 Å². The van der Waals surface area contributed by atoms with Gasteiger partial charge in [0.1, 0.15) is 5.78 Å². The van der Waals surface area contributed by atoms with E-state index < -0.39 is 28.3 Å². The van der Waals surface area contributed by atoms with Gasteiger partial charge in [0.15, 0.2) is 0 Å². The van der Waals surface area contributed by atoms with E-state index in [1.54, 1.807) is 6.92 Å². The molecule has 0 aromatic heterocycles. The highest BCUT2D eigenvalue weighted by Crippen LogP contribution is 2.66. The molecule has 0 aromatic rings.